The van der Waals surface area contributed by atoms with E-state index in [0.717, 1.165) is 0 Å². The van der Waals surface area contributed by atoms with Crippen LogP contribution in [0.5, 0.6) is 0 Å². The first kappa shape index (κ1) is 15.4. The van der Waals surface area contributed by atoms with Crippen LogP contribution >= 0.6 is 15.9 Å². The molecule has 5 nitrogen and oxygen atoms in total. The van der Waals surface area contributed by atoms with Gasteiger partial charge in [0.05, 0.1) is 0 Å². The highest BCUT2D eigenvalue weighted by molar-refractivity contribution is 9.09. The van der Waals surface area contributed by atoms with Crippen molar-refractivity contribution in [2.24, 2.45) is 11.8 Å². The fourth-order valence-electron chi connectivity index (χ4n) is 1.95. The molecule has 6 heteroatoms. The second kappa shape index (κ2) is 6.52. The summed E-state index contributed by atoms with van der Waals surface area (Å²) < 4.78 is 15.9. The van der Waals surface area contributed by atoms with E-state index in [1.165, 1.54) is 13.8 Å². The minimum absolute atomic E-state index is 0.0897. The van der Waals surface area contributed by atoms with Crippen molar-refractivity contribution in [1.29, 1.82) is 0 Å². The van der Waals surface area contributed by atoms with Gasteiger partial charge in [-0.25, -0.2) is 0 Å². The fourth-order valence-corrected chi connectivity index (χ4v) is 2.71. The van der Waals surface area contributed by atoms with Crippen molar-refractivity contribution in [3.05, 3.63) is 0 Å². The van der Waals surface area contributed by atoms with Crippen molar-refractivity contribution in [3.63, 3.8) is 0 Å². The van der Waals surface area contributed by atoms with E-state index in [1.807, 2.05) is 13.8 Å². The lowest BCUT2D eigenvalue weighted by molar-refractivity contribution is -0.190. The summed E-state index contributed by atoms with van der Waals surface area (Å²) in [6, 6.07) is 0. The van der Waals surface area contributed by atoms with Gasteiger partial charge in [0.25, 0.3) is 0 Å². The van der Waals surface area contributed by atoms with Crippen LogP contribution in [0.2, 0.25) is 0 Å². The van der Waals surface area contributed by atoms with E-state index in [4.69, 9.17) is 14.2 Å². The molecule has 1 rings (SSSR count). The number of rotatable bonds is 3. The van der Waals surface area contributed by atoms with Gasteiger partial charge in [-0.05, 0) is 5.92 Å². The van der Waals surface area contributed by atoms with Crippen molar-refractivity contribution < 1.29 is 23.8 Å². The molecule has 0 aliphatic carbocycles. The van der Waals surface area contributed by atoms with E-state index in [2.05, 4.69) is 15.9 Å². The molecule has 1 fully saturated rings. The maximum atomic E-state index is 11.1. The monoisotopic (exact) mass is 322 g/mol. The Labute approximate surface area is 115 Å². The maximum Gasteiger partial charge on any atom is 0.303 e. The van der Waals surface area contributed by atoms with Crippen LogP contribution in [0.1, 0.15) is 27.7 Å². The SMILES string of the molecule is CC(=O)OC[C@H]1O[C@H](Br)[C@H](C)[C@@H](C)[C@@H]1OC(C)=O. The molecule has 0 amide bonds. The summed E-state index contributed by atoms with van der Waals surface area (Å²) >= 11 is 3.43. The number of carbonyl (C=O) groups is 2. The molecule has 104 valence electrons. The molecule has 1 aliphatic heterocycles. The molecule has 18 heavy (non-hydrogen) atoms. The molecule has 0 radical (unpaired) electrons. The predicted octanol–water partition coefficient (Wildman–Crippen LogP) is 1.87. The second-order valence-corrected chi connectivity index (χ2v) is 5.52. The van der Waals surface area contributed by atoms with Crippen LogP contribution in [0, 0.1) is 11.8 Å². The van der Waals surface area contributed by atoms with E-state index >= 15 is 0 Å². The van der Waals surface area contributed by atoms with Gasteiger partial charge in [-0.2, -0.15) is 0 Å². The van der Waals surface area contributed by atoms with Crippen molar-refractivity contribution in [2.75, 3.05) is 6.61 Å². The van der Waals surface area contributed by atoms with Crippen molar-refractivity contribution >= 4 is 27.9 Å². The van der Waals surface area contributed by atoms with Crippen LogP contribution in [0.4, 0.5) is 0 Å². The summed E-state index contributed by atoms with van der Waals surface area (Å²) in [7, 11) is 0. The Hall–Kier alpha value is -0.620. The zero-order chi connectivity index (χ0) is 13.9. The zero-order valence-corrected chi connectivity index (χ0v) is 12.6. The minimum Gasteiger partial charge on any atom is -0.463 e. The average Bonchev–Trinajstić information content (AvgIpc) is 2.27. The zero-order valence-electron chi connectivity index (χ0n) is 11.0. The Kier molecular flexibility index (Phi) is 5.59. The van der Waals surface area contributed by atoms with Crippen LogP contribution in [-0.2, 0) is 23.8 Å². The number of ether oxygens (including phenoxy) is 3. The summed E-state index contributed by atoms with van der Waals surface area (Å²) in [6.45, 7) is 6.80. The van der Waals surface area contributed by atoms with E-state index in [-0.39, 0.29) is 35.4 Å². The van der Waals surface area contributed by atoms with Crippen LogP contribution in [0.15, 0.2) is 0 Å². The second-order valence-electron chi connectivity index (χ2n) is 4.62. The summed E-state index contributed by atoms with van der Waals surface area (Å²) in [5.41, 5.74) is 0. The number of halogens is 1. The van der Waals surface area contributed by atoms with Crippen molar-refractivity contribution in [3.8, 4) is 0 Å². The van der Waals surface area contributed by atoms with Crippen LogP contribution in [0.25, 0.3) is 0 Å². The lowest BCUT2D eigenvalue weighted by Gasteiger charge is -2.41. The number of hydrogen-bond acceptors (Lipinski definition) is 5. The molecule has 0 spiro atoms. The number of alkyl halides is 1. The predicted molar refractivity (Wildman–Crippen MR) is 68.1 cm³/mol. The van der Waals surface area contributed by atoms with Gasteiger partial charge in [0.2, 0.25) is 0 Å². The first-order valence-corrected chi connectivity index (χ1v) is 6.84. The Morgan fingerprint density at radius 1 is 1.17 bits per heavy atom. The lowest BCUT2D eigenvalue weighted by Crippen LogP contribution is -2.51. The highest BCUT2D eigenvalue weighted by Crippen LogP contribution is 2.35. The van der Waals surface area contributed by atoms with Gasteiger partial charge in [0, 0.05) is 19.8 Å². The third-order valence-corrected chi connectivity index (χ3v) is 4.23. The molecule has 1 saturated heterocycles. The third kappa shape index (κ3) is 3.95. The quantitative estimate of drug-likeness (QED) is 0.586. The molecule has 0 unspecified atom stereocenters. The fraction of sp³-hybridized carbons (Fsp3) is 0.833. The van der Waals surface area contributed by atoms with E-state index < -0.39 is 12.2 Å². The Balaban J connectivity index is 2.75. The van der Waals surface area contributed by atoms with Crippen molar-refractivity contribution in [2.45, 2.75) is 44.9 Å². The van der Waals surface area contributed by atoms with Gasteiger partial charge in [0.15, 0.2) is 0 Å². The number of carbonyl (C=O) groups excluding carboxylic acids is 2. The summed E-state index contributed by atoms with van der Waals surface area (Å²) in [4.78, 5) is 22.0. The summed E-state index contributed by atoms with van der Waals surface area (Å²) in [5.74, 6) is -0.420. The molecular weight excluding hydrogens is 304 g/mol. The van der Waals surface area contributed by atoms with Gasteiger partial charge in [-0.1, -0.05) is 29.8 Å². The van der Waals surface area contributed by atoms with Gasteiger partial charge < -0.3 is 14.2 Å². The Bertz CT molecular complexity index is 320. The van der Waals surface area contributed by atoms with E-state index in [0.29, 0.717) is 0 Å². The first-order valence-electron chi connectivity index (χ1n) is 5.93. The van der Waals surface area contributed by atoms with E-state index in [9.17, 15) is 9.59 Å². The smallest absolute Gasteiger partial charge is 0.303 e. The van der Waals surface area contributed by atoms with E-state index in [1.54, 1.807) is 0 Å². The molecule has 0 N–H and O–H groups in total. The highest BCUT2D eigenvalue weighted by Gasteiger charge is 2.42. The maximum absolute atomic E-state index is 11.1. The number of esters is 2. The van der Waals surface area contributed by atoms with Gasteiger partial charge in [0.1, 0.15) is 23.8 Å². The molecule has 0 aromatic carbocycles. The summed E-state index contributed by atoms with van der Waals surface area (Å²) in [6.07, 6.45) is -0.834. The molecule has 0 saturated carbocycles. The van der Waals surface area contributed by atoms with Crippen LogP contribution in [0.3, 0.4) is 0 Å². The average molecular weight is 323 g/mol. The summed E-state index contributed by atoms with van der Waals surface area (Å²) in [5, 5.41) is -0.139. The largest absolute Gasteiger partial charge is 0.463 e. The number of hydrogen-bond donors (Lipinski definition) is 0. The van der Waals surface area contributed by atoms with Crippen LogP contribution in [-0.4, -0.2) is 35.8 Å². The molecule has 5 atom stereocenters. The molecule has 0 aromatic rings. The molecular formula is C12H19BrO5. The van der Waals surface area contributed by atoms with Gasteiger partial charge in [-0.15, -0.1) is 0 Å². The van der Waals surface area contributed by atoms with Gasteiger partial charge in [-0.3, -0.25) is 9.59 Å². The third-order valence-electron chi connectivity index (χ3n) is 3.19. The normalized spacial score (nSPS) is 35.9. The molecule has 0 bridgehead atoms. The standard InChI is InChI=1S/C12H19BrO5/c1-6-7(2)12(13)18-10(5-16-8(3)14)11(6)17-9(4)15/h6-7,10-12H,5H2,1-4H3/t6-,7-,10-,11+,12+/m1/s1. The Morgan fingerprint density at radius 2 is 1.78 bits per heavy atom. The van der Waals surface area contributed by atoms with Gasteiger partial charge >= 0.3 is 11.9 Å². The first-order chi connectivity index (χ1) is 8.32. The molecule has 1 aliphatic rings. The topological polar surface area (TPSA) is 61.8 Å². The lowest BCUT2D eigenvalue weighted by atomic mass is 9.86. The van der Waals surface area contributed by atoms with Crippen molar-refractivity contribution in [1.82, 2.24) is 0 Å². The minimum atomic E-state index is -0.437. The molecule has 0 aromatic heterocycles. The van der Waals surface area contributed by atoms with Crippen LogP contribution < -0.4 is 0 Å². The highest BCUT2D eigenvalue weighted by atomic mass is 79.9. The Morgan fingerprint density at radius 3 is 2.28 bits per heavy atom. The molecule has 1 heterocycles.